The Kier molecular flexibility index (Phi) is 5.42. The zero-order valence-electron chi connectivity index (χ0n) is 12.4. The molecule has 7 heteroatoms. The fourth-order valence-electron chi connectivity index (χ4n) is 2.52. The predicted molar refractivity (Wildman–Crippen MR) is 77.8 cm³/mol. The Morgan fingerprint density at radius 1 is 1.36 bits per heavy atom. The van der Waals surface area contributed by atoms with Crippen LogP contribution in [0.15, 0.2) is 24.3 Å². The highest BCUT2D eigenvalue weighted by atomic mass is 19.4. The van der Waals surface area contributed by atoms with Crippen molar-refractivity contribution in [3.8, 4) is 0 Å². The lowest BCUT2D eigenvalue weighted by Crippen LogP contribution is -2.57. The molecule has 4 nitrogen and oxygen atoms in total. The van der Waals surface area contributed by atoms with Crippen LogP contribution in [-0.2, 0) is 0 Å². The molecule has 1 aromatic rings. The van der Waals surface area contributed by atoms with Crippen LogP contribution >= 0.6 is 0 Å². The maximum absolute atomic E-state index is 13.2. The summed E-state index contributed by atoms with van der Waals surface area (Å²) < 4.78 is 39.6. The smallest absolute Gasteiger partial charge is 0.350 e. The van der Waals surface area contributed by atoms with E-state index in [0.29, 0.717) is 31.7 Å². The molecular weight excluding hydrogens is 295 g/mol. The monoisotopic (exact) mass is 315 g/mol. The van der Waals surface area contributed by atoms with Crippen molar-refractivity contribution in [2.24, 2.45) is 0 Å². The van der Waals surface area contributed by atoms with E-state index in [1.807, 2.05) is 13.0 Å². The normalized spacial score (nSPS) is 18.0. The number of hydrogen-bond acceptors (Lipinski definition) is 3. The van der Waals surface area contributed by atoms with Crippen LogP contribution in [0.4, 0.5) is 13.2 Å². The SMILES string of the molecule is Cc1cccc(C(=O)NCC(N2CCNCC2)C(F)(F)F)c1. The number of nitrogens with zero attached hydrogens (tertiary/aromatic N) is 1. The van der Waals surface area contributed by atoms with Gasteiger partial charge in [0.15, 0.2) is 0 Å². The van der Waals surface area contributed by atoms with E-state index in [1.54, 1.807) is 18.2 Å². The number of benzene rings is 1. The van der Waals surface area contributed by atoms with Crippen molar-refractivity contribution in [2.75, 3.05) is 32.7 Å². The summed E-state index contributed by atoms with van der Waals surface area (Å²) in [5.41, 5.74) is 1.27. The quantitative estimate of drug-likeness (QED) is 0.886. The molecule has 1 unspecified atom stereocenters. The molecule has 1 heterocycles. The van der Waals surface area contributed by atoms with Gasteiger partial charge in [-0.2, -0.15) is 13.2 Å². The Hall–Kier alpha value is -1.60. The highest BCUT2D eigenvalue weighted by molar-refractivity contribution is 5.94. The second kappa shape index (κ2) is 7.11. The zero-order valence-corrected chi connectivity index (χ0v) is 12.4. The molecule has 1 amide bonds. The number of piperazine rings is 1. The summed E-state index contributed by atoms with van der Waals surface area (Å²) in [7, 11) is 0. The van der Waals surface area contributed by atoms with Gasteiger partial charge in [0.25, 0.3) is 5.91 Å². The molecule has 0 aliphatic carbocycles. The molecule has 2 N–H and O–H groups in total. The van der Waals surface area contributed by atoms with Crippen LogP contribution in [-0.4, -0.2) is 55.7 Å². The number of halogens is 3. The summed E-state index contributed by atoms with van der Waals surface area (Å²) in [5.74, 6) is -0.479. The van der Waals surface area contributed by atoms with Crippen molar-refractivity contribution in [3.05, 3.63) is 35.4 Å². The molecule has 0 aromatic heterocycles. The lowest BCUT2D eigenvalue weighted by molar-refractivity contribution is -0.183. The van der Waals surface area contributed by atoms with E-state index in [1.165, 1.54) is 4.90 Å². The van der Waals surface area contributed by atoms with Gasteiger partial charge in [0, 0.05) is 38.3 Å². The van der Waals surface area contributed by atoms with Crippen LogP contribution in [0.3, 0.4) is 0 Å². The summed E-state index contributed by atoms with van der Waals surface area (Å²) in [6.07, 6.45) is -4.36. The average molecular weight is 315 g/mol. The minimum absolute atomic E-state index is 0.324. The van der Waals surface area contributed by atoms with Gasteiger partial charge in [-0.15, -0.1) is 0 Å². The Morgan fingerprint density at radius 3 is 2.64 bits per heavy atom. The Morgan fingerprint density at radius 2 is 2.05 bits per heavy atom. The molecule has 22 heavy (non-hydrogen) atoms. The van der Waals surface area contributed by atoms with Gasteiger partial charge in [-0.1, -0.05) is 17.7 Å². The number of alkyl halides is 3. The molecule has 0 bridgehead atoms. The third kappa shape index (κ3) is 4.45. The lowest BCUT2D eigenvalue weighted by Gasteiger charge is -2.35. The third-order valence-corrected chi connectivity index (χ3v) is 3.71. The van der Waals surface area contributed by atoms with Gasteiger partial charge >= 0.3 is 6.18 Å². The second-order valence-corrected chi connectivity index (χ2v) is 5.42. The molecule has 1 saturated heterocycles. The van der Waals surface area contributed by atoms with E-state index in [0.717, 1.165) is 5.56 Å². The average Bonchev–Trinajstić information content (AvgIpc) is 2.47. The van der Waals surface area contributed by atoms with E-state index in [-0.39, 0.29) is 0 Å². The van der Waals surface area contributed by atoms with Crippen LogP contribution < -0.4 is 10.6 Å². The van der Waals surface area contributed by atoms with Gasteiger partial charge in [0.1, 0.15) is 6.04 Å². The molecule has 1 fully saturated rings. The van der Waals surface area contributed by atoms with E-state index < -0.39 is 24.7 Å². The van der Waals surface area contributed by atoms with E-state index in [4.69, 9.17) is 0 Å². The summed E-state index contributed by atoms with van der Waals surface area (Å²) in [6, 6.07) is 5.14. The lowest BCUT2D eigenvalue weighted by atomic mass is 10.1. The van der Waals surface area contributed by atoms with Crippen LogP contribution in [0.25, 0.3) is 0 Å². The minimum Gasteiger partial charge on any atom is -0.350 e. The molecule has 0 radical (unpaired) electrons. The van der Waals surface area contributed by atoms with Gasteiger partial charge in [0.05, 0.1) is 0 Å². The zero-order chi connectivity index (χ0) is 16.2. The molecule has 0 saturated carbocycles. The van der Waals surface area contributed by atoms with Crippen molar-refractivity contribution in [3.63, 3.8) is 0 Å². The summed E-state index contributed by atoms with van der Waals surface area (Å²) >= 11 is 0. The summed E-state index contributed by atoms with van der Waals surface area (Å²) in [6.45, 7) is 3.10. The van der Waals surface area contributed by atoms with Gasteiger partial charge in [-0.3, -0.25) is 9.69 Å². The predicted octanol–water partition coefficient (Wildman–Crippen LogP) is 1.56. The number of aryl methyl sites for hydroxylation is 1. The molecule has 1 aliphatic heterocycles. The third-order valence-electron chi connectivity index (χ3n) is 3.71. The second-order valence-electron chi connectivity index (χ2n) is 5.42. The first-order valence-corrected chi connectivity index (χ1v) is 7.24. The highest BCUT2D eigenvalue weighted by Crippen LogP contribution is 2.24. The van der Waals surface area contributed by atoms with Crippen molar-refractivity contribution in [1.29, 1.82) is 0 Å². The van der Waals surface area contributed by atoms with Gasteiger partial charge in [-0.05, 0) is 19.1 Å². The number of hydrogen-bond donors (Lipinski definition) is 2. The molecule has 1 aliphatic rings. The minimum atomic E-state index is -4.36. The van der Waals surface area contributed by atoms with Crippen LogP contribution in [0, 0.1) is 6.92 Å². The number of carbonyl (C=O) groups is 1. The number of nitrogens with one attached hydrogen (secondary N) is 2. The van der Waals surface area contributed by atoms with Gasteiger partial charge in [0.2, 0.25) is 0 Å². The van der Waals surface area contributed by atoms with E-state index >= 15 is 0 Å². The van der Waals surface area contributed by atoms with Crippen LogP contribution in [0.2, 0.25) is 0 Å². The maximum Gasteiger partial charge on any atom is 0.405 e. The standard InChI is InChI=1S/C15H20F3N3O/c1-11-3-2-4-12(9-11)14(22)20-10-13(15(16,17)18)21-7-5-19-6-8-21/h2-4,9,13,19H,5-8,10H2,1H3,(H,20,22). The number of rotatable bonds is 4. The topological polar surface area (TPSA) is 44.4 Å². The Labute approximate surface area is 127 Å². The molecule has 0 spiro atoms. The van der Waals surface area contributed by atoms with Crippen molar-refractivity contribution in [1.82, 2.24) is 15.5 Å². The first-order chi connectivity index (χ1) is 10.4. The maximum atomic E-state index is 13.2. The van der Waals surface area contributed by atoms with Crippen molar-refractivity contribution >= 4 is 5.91 Å². The van der Waals surface area contributed by atoms with E-state index in [9.17, 15) is 18.0 Å². The van der Waals surface area contributed by atoms with Crippen molar-refractivity contribution in [2.45, 2.75) is 19.1 Å². The Bertz CT molecular complexity index is 513. The molecule has 2 rings (SSSR count). The molecule has 122 valence electrons. The first kappa shape index (κ1) is 16.8. The largest absolute Gasteiger partial charge is 0.405 e. The fourth-order valence-corrected chi connectivity index (χ4v) is 2.52. The number of amides is 1. The molecular formula is C15H20F3N3O. The van der Waals surface area contributed by atoms with Crippen LogP contribution in [0.5, 0.6) is 0 Å². The van der Waals surface area contributed by atoms with E-state index in [2.05, 4.69) is 10.6 Å². The van der Waals surface area contributed by atoms with Gasteiger partial charge < -0.3 is 10.6 Å². The highest BCUT2D eigenvalue weighted by Gasteiger charge is 2.43. The summed E-state index contributed by atoms with van der Waals surface area (Å²) in [5, 5.41) is 5.43. The Balaban J connectivity index is 2.00. The number of carbonyl (C=O) groups excluding carboxylic acids is 1. The van der Waals surface area contributed by atoms with Gasteiger partial charge in [-0.25, -0.2) is 0 Å². The first-order valence-electron chi connectivity index (χ1n) is 7.24. The summed E-state index contributed by atoms with van der Waals surface area (Å²) in [4.78, 5) is 13.4. The molecule has 1 aromatic carbocycles. The molecule has 1 atom stereocenters. The fraction of sp³-hybridized carbons (Fsp3) is 0.533. The van der Waals surface area contributed by atoms with Crippen molar-refractivity contribution < 1.29 is 18.0 Å². The van der Waals surface area contributed by atoms with Crippen LogP contribution in [0.1, 0.15) is 15.9 Å².